The molecule has 160 valence electrons. The monoisotopic (exact) mass is 425 g/mol. The van der Waals surface area contributed by atoms with Gasteiger partial charge in [0, 0.05) is 37.0 Å². The highest BCUT2D eigenvalue weighted by atomic mass is 32.1. The van der Waals surface area contributed by atoms with Crippen LogP contribution in [0.3, 0.4) is 0 Å². The second-order valence-corrected chi connectivity index (χ2v) is 9.34. The summed E-state index contributed by atoms with van der Waals surface area (Å²) in [6.07, 6.45) is 1.98. The minimum Gasteiger partial charge on any atom is -0.461 e. The number of esters is 1. The molecule has 0 unspecified atom stereocenters. The van der Waals surface area contributed by atoms with E-state index in [0.29, 0.717) is 39.0 Å². The fraction of sp³-hybridized carbons (Fsp3) is 0.684. The van der Waals surface area contributed by atoms with E-state index < -0.39 is 17.2 Å². The van der Waals surface area contributed by atoms with Gasteiger partial charge in [0.05, 0.1) is 19.7 Å². The lowest BCUT2D eigenvalue weighted by molar-refractivity contribution is -0.0170. The van der Waals surface area contributed by atoms with E-state index in [-0.39, 0.29) is 23.8 Å². The third-order valence-electron chi connectivity index (χ3n) is 4.72. The van der Waals surface area contributed by atoms with Gasteiger partial charge in [0.15, 0.2) is 0 Å². The van der Waals surface area contributed by atoms with Crippen molar-refractivity contribution in [3.8, 4) is 0 Å². The Hall–Kier alpha value is -2.36. The Morgan fingerprint density at radius 2 is 2.00 bits per heavy atom. The number of carbonyl (C=O) groups is 3. The first-order chi connectivity index (χ1) is 13.6. The van der Waals surface area contributed by atoms with Crippen molar-refractivity contribution in [3.05, 3.63) is 16.1 Å². The second kappa shape index (κ2) is 8.17. The number of hydrogen-bond donors (Lipinski definition) is 0. The van der Waals surface area contributed by atoms with Gasteiger partial charge in [-0.15, -0.1) is 11.3 Å². The quantitative estimate of drug-likeness (QED) is 0.540. The Morgan fingerprint density at radius 1 is 1.31 bits per heavy atom. The number of hydrogen-bond acceptors (Lipinski definition) is 8. The molecule has 0 saturated carbocycles. The molecule has 10 heteroatoms. The maximum atomic E-state index is 12.4. The van der Waals surface area contributed by atoms with Gasteiger partial charge in [-0.3, -0.25) is 4.90 Å². The predicted molar refractivity (Wildman–Crippen MR) is 105 cm³/mol. The zero-order chi connectivity index (χ0) is 21.2. The lowest BCUT2D eigenvalue weighted by Gasteiger charge is -2.37. The minimum atomic E-state index is -0.593. The molecule has 0 atom stereocenters. The number of likely N-dealkylation sites (tertiary alicyclic amines) is 1. The van der Waals surface area contributed by atoms with E-state index in [2.05, 4.69) is 4.98 Å². The van der Waals surface area contributed by atoms with Gasteiger partial charge in [-0.1, -0.05) is 0 Å². The van der Waals surface area contributed by atoms with E-state index in [0.717, 1.165) is 4.88 Å². The summed E-state index contributed by atoms with van der Waals surface area (Å²) in [5.41, 5.74) is -1.13. The van der Waals surface area contributed by atoms with Crippen molar-refractivity contribution in [2.75, 3.05) is 26.2 Å². The molecule has 2 saturated heterocycles. The molecule has 3 heterocycles. The van der Waals surface area contributed by atoms with E-state index in [9.17, 15) is 14.4 Å². The summed E-state index contributed by atoms with van der Waals surface area (Å²) in [4.78, 5) is 44.5. The molecular formula is C19H27N3O6S. The molecule has 1 spiro atoms. The molecule has 9 nitrogen and oxygen atoms in total. The van der Waals surface area contributed by atoms with Crippen LogP contribution < -0.4 is 0 Å². The predicted octanol–water partition coefficient (Wildman–Crippen LogP) is 3.04. The molecule has 0 aromatic carbocycles. The van der Waals surface area contributed by atoms with Crippen LogP contribution in [-0.2, 0) is 20.8 Å². The average molecular weight is 426 g/mol. The highest BCUT2D eigenvalue weighted by Gasteiger charge is 2.48. The summed E-state index contributed by atoms with van der Waals surface area (Å²) >= 11 is 1.21. The van der Waals surface area contributed by atoms with Gasteiger partial charge >= 0.3 is 18.2 Å². The van der Waals surface area contributed by atoms with Gasteiger partial charge in [-0.05, 0) is 27.7 Å². The standard InChI is InChI=1S/C19H27N3O6S/c1-5-26-15(23)14-20-10-13(29-14)11-22-12-19(28-17(22)25)6-8-21(9-7-19)16(24)27-18(2,3)4/h10H,5-9,11-12H2,1-4H3. The van der Waals surface area contributed by atoms with Crippen molar-refractivity contribution in [2.24, 2.45) is 0 Å². The number of nitrogens with zero attached hydrogens (tertiary/aromatic N) is 3. The molecule has 3 rings (SSSR count). The van der Waals surface area contributed by atoms with E-state index in [4.69, 9.17) is 14.2 Å². The van der Waals surface area contributed by atoms with Crippen LogP contribution in [0, 0.1) is 0 Å². The van der Waals surface area contributed by atoms with Crippen LogP contribution >= 0.6 is 11.3 Å². The summed E-state index contributed by atoms with van der Waals surface area (Å²) in [6.45, 7) is 9.25. The maximum Gasteiger partial charge on any atom is 0.410 e. The topological polar surface area (TPSA) is 98.3 Å². The van der Waals surface area contributed by atoms with E-state index in [1.165, 1.54) is 11.3 Å². The molecule has 2 aliphatic heterocycles. The highest BCUT2D eigenvalue weighted by molar-refractivity contribution is 7.13. The Kier molecular flexibility index (Phi) is 6.02. The summed E-state index contributed by atoms with van der Waals surface area (Å²) < 4.78 is 16.1. The third kappa shape index (κ3) is 5.17. The fourth-order valence-electron chi connectivity index (χ4n) is 3.35. The number of rotatable bonds is 4. The third-order valence-corrected chi connectivity index (χ3v) is 5.68. The van der Waals surface area contributed by atoms with Crippen LogP contribution in [0.15, 0.2) is 6.20 Å². The Labute approximate surface area is 173 Å². The van der Waals surface area contributed by atoms with Crippen molar-refractivity contribution in [1.29, 1.82) is 0 Å². The van der Waals surface area contributed by atoms with Crippen LogP contribution in [0.25, 0.3) is 0 Å². The molecular weight excluding hydrogens is 398 g/mol. The average Bonchev–Trinajstić information content (AvgIpc) is 3.20. The van der Waals surface area contributed by atoms with Gasteiger partial charge in [0.25, 0.3) is 0 Å². The van der Waals surface area contributed by atoms with Crippen LogP contribution in [-0.4, -0.2) is 70.4 Å². The summed E-state index contributed by atoms with van der Waals surface area (Å²) in [7, 11) is 0. The van der Waals surface area contributed by atoms with Crippen LogP contribution in [0.2, 0.25) is 0 Å². The SMILES string of the molecule is CCOC(=O)c1ncc(CN2CC3(CCN(C(=O)OC(C)(C)C)CC3)OC2=O)s1. The molecule has 0 radical (unpaired) electrons. The maximum absolute atomic E-state index is 12.4. The lowest BCUT2D eigenvalue weighted by Crippen LogP contribution is -2.49. The van der Waals surface area contributed by atoms with Crippen molar-refractivity contribution >= 4 is 29.5 Å². The second-order valence-electron chi connectivity index (χ2n) is 8.23. The number of carbonyl (C=O) groups excluding carboxylic acids is 3. The van der Waals surface area contributed by atoms with Crippen LogP contribution in [0.1, 0.15) is 55.2 Å². The van der Waals surface area contributed by atoms with Crippen molar-refractivity contribution in [2.45, 2.75) is 58.3 Å². The molecule has 1 aromatic rings. The van der Waals surface area contributed by atoms with E-state index >= 15 is 0 Å². The Morgan fingerprint density at radius 3 is 2.62 bits per heavy atom. The number of piperidine rings is 1. The number of aromatic nitrogens is 1. The highest BCUT2D eigenvalue weighted by Crippen LogP contribution is 2.34. The van der Waals surface area contributed by atoms with Gasteiger partial charge < -0.3 is 19.1 Å². The van der Waals surface area contributed by atoms with Gasteiger partial charge in [-0.25, -0.2) is 19.4 Å². The van der Waals surface area contributed by atoms with Crippen molar-refractivity contribution in [3.63, 3.8) is 0 Å². The van der Waals surface area contributed by atoms with Gasteiger partial charge in [0.1, 0.15) is 11.2 Å². The first-order valence-electron chi connectivity index (χ1n) is 9.68. The molecule has 2 fully saturated rings. The smallest absolute Gasteiger partial charge is 0.410 e. The number of amides is 2. The fourth-order valence-corrected chi connectivity index (χ4v) is 4.18. The first kappa shape index (κ1) is 21.4. The molecule has 0 aliphatic carbocycles. The Balaban J connectivity index is 1.55. The van der Waals surface area contributed by atoms with Gasteiger partial charge in [-0.2, -0.15) is 0 Å². The normalized spacial score (nSPS) is 18.7. The Bertz CT molecular complexity index is 779. The van der Waals surface area contributed by atoms with Crippen molar-refractivity contribution < 1.29 is 28.6 Å². The van der Waals surface area contributed by atoms with E-state index in [1.807, 2.05) is 20.8 Å². The molecule has 0 N–H and O–H groups in total. The van der Waals surface area contributed by atoms with Crippen molar-refractivity contribution in [1.82, 2.24) is 14.8 Å². The first-order valence-corrected chi connectivity index (χ1v) is 10.5. The van der Waals surface area contributed by atoms with Crippen LogP contribution in [0.5, 0.6) is 0 Å². The summed E-state index contributed by atoms with van der Waals surface area (Å²) in [6, 6.07) is 0. The minimum absolute atomic E-state index is 0.273. The molecule has 29 heavy (non-hydrogen) atoms. The summed E-state index contributed by atoms with van der Waals surface area (Å²) in [5.74, 6) is -0.460. The zero-order valence-corrected chi connectivity index (χ0v) is 18.0. The number of thiazole rings is 1. The molecule has 0 bridgehead atoms. The number of ether oxygens (including phenoxy) is 3. The van der Waals surface area contributed by atoms with Gasteiger partial charge in [0.2, 0.25) is 5.01 Å². The summed E-state index contributed by atoms with van der Waals surface area (Å²) in [5, 5.41) is 0.273. The largest absolute Gasteiger partial charge is 0.461 e. The molecule has 2 aliphatic rings. The molecule has 1 aromatic heterocycles. The zero-order valence-electron chi connectivity index (χ0n) is 17.2. The van der Waals surface area contributed by atoms with Crippen LogP contribution in [0.4, 0.5) is 9.59 Å². The lowest BCUT2D eigenvalue weighted by atomic mass is 9.91. The van der Waals surface area contributed by atoms with E-state index in [1.54, 1.807) is 22.9 Å². The molecule has 2 amide bonds.